The Hall–Kier alpha value is -2.74. The van der Waals surface area contributed by atoms with Crippen LogP contribution in [0.3, 0.4) is 0 Å². The van der Waals surface area contributed by atoms with E-state index in [9.17, 15) is 0 Å². The third-order valence-electron chi connectivity index (χ3n) is 6.09. The van der Waals surface area contributed by atoms with Gasteiger partial charge in [-0.1, -0.05) is 55.5 Å². The number of fused-ring (bicyclic) bond motifs is 1. The lowest BCUT2D eigenvalue weighted by atomic mass is 9.69. The molecule has 0 bridgehead atoms. The molecule has 1 atom stereocenters. The fourth-order valence-corrected chi connectivity index (χ4v) is 4.59. The van der Waals surface area contributed by atoms with Gasteiger partial charge in [-0.25, -0.2) is 0 Å². The van der Waals surface area contributed by atoms with E-state index >= 15 is 0 Å². The molecule has 0 radical (unpaired) electrons. The van der Waals surface area contributed by atoms with Crippen molar-refractivity contribution in [3.05, 3.63) is 94.0 Å². The van der Waals surface area contributed by atoms with Gasteiger partial charge in [0.15, 0.2) is 0 Å². The highest BCUT2D eigenvalue weighted by atomic mass is 14.6. The van der Waals surface area contributed by atoms with Gasteiger partial charge < -0.3 is 11.5 Å². The third-order valence-corrected chi connectivity index (χ3v) is 6.09. The van der Waals surface area contributed by atoms with Crippen LogP contribution >= 0.6 is 0 Å². The fraction of sp³-hybridized carbons (Fsp3) is 0.250. The maximum atomic E-state index is 6.12. The molecule has 0 fully saturated rings. The second-order valence-corrected chi connectivity index (χ2v) is 7.74. The molecule has 0 saturated carbocycles. The largest absolute Gasteiger partial charge is 0.399 e. The van der Waals surface area contributed by atoms with Crippen LogP contribution in [-0.4, -0.2) is 0 Å². The Balaban J connectivity index is 2.05. The molecule has 26 heavy (non-hydrogen) atoms. The van der Waals surface area contributed by atoms with Crippen LogP contribution in [-0.2, 0) is 5.41 Å². The summed E-state index contributed by atoms with van der Waals surface area (Å²) in [6, 6.07) is 21.9. The van der Waals surface area contributed by atoms with Crippen LogP contribution in [0.25, 0.3) is 0 Å². The predicted molar refractivity (Wildman–Crippen MR) is 111 cm³/mol. The highest BCUT2D eigenvalue weighted by Gasteiger charge is 2.44. The van der Waals surface area contributed by atoms with Crippen LogP contribution < -0.4 is 11.5 Å². The van der Waals surface area contributed by atoms with Gasteiger partial charge in [0.2, 0.25) is 0 Å². The number of nitrogens with two attached hydrogens (primary N) is 2. The fourth-order valence-electron chi connectivity index (χ4n) is 4.59. The number of anilines is 2. The van der Waals surface area contributed by atoms with Crippen molar-refractivity contribution in [2.75, 3.05) is 11.5 Å². The zero-order valence-corrected chi connectivity index (χ0v) is 15.7. The number of hydrogen-bond acceptors (Lipinski definition) is 2. The average Bonchev–Trinajstić information content (AvgIpc) is 2.94. The van der Waals surface area contributed by atoms with E-state index in [0.717, 1.165) is 28.9 Å². The number of rotatable bonds is 2. The van der Waals surface area contributed by atoms with E-state index in [0.29, 0.717) is 5.92 Å². The van der Waals surface area contributed by atoms with E-state index in [2.05, 4.69) is 69.3 Å². The van der Waals surface area contributed by atoms with E-state index in [-0.39, 0.29) is 5.41 Å². The van der Waals surface area contributed by atoms with E-state index in [1.54, 1.807) is 0 Å². The van der Waals surface area contributed by atoms with Crippen LogP contribution in [0.2, 0.25) is 0 Å². The Labute approximate surface area is 155 Å². The average molecular weight is 342 g/mol. The minimum absolute atomic E-state index is 0.160. The first-order valence-electron chi connectivity index (χ1n) is 9.26. The molecule has 0 heterocycles. The van der Waals surface area contributed by atoms with Gasteiger partial charge in [0.05, 0.1) is 0 Å². The summed E-state index contributed by atoms with van der Waals surface area (Å²) in [5.41, 5.74) is 21.5. The topological polar surface area (TPSA) is 52.0 Å². The Kier molecular flexibility index (Phi) is 3.80. The van der Waals surface area contributed by atoms with Crippen LogP contribution in [0, 0.1) is 13.8 Å². The molecule has 1 aliphatic carbocycles. The maximum absolute atomic E-state index is 6.12. The lowest BCUT2D eigenvalue weighted by molar-refractivity contribution is 0.562. The van der Waals surface area contributed by atoms with Crippen LogP contribution in [0.1, 0.15) is 52.6 Å². The van der Waals surface area contributed by atoms with Crippen molar-refractivity contribution in [1.82, 2.24) is 0 Å². The number of aryl methyl sites for hydroxylation is 2. The number of benzene rings is 3. The van der Waals surface area contributed by atoms with Crippen molar-refractivity contribution in [1.29, 1.82) is 0 Å². The standard InChI is InChI=1S/C24H26N2/c1-15-12-18(8-10-22(15)25)24(19-9-11-23(26)16(2)13-19)14-17(3)20-6-4-5-7-21(20)24/h4-13,17H,14,25-26H2,1-3H3. The summed E-state index contributed by atoms with van der Waals surface area (Å²) in [7, 11) is 0. The third kappa shape index (κ3) is 2.33. The highest BCUT2D eigenvalue weighted by molar-refractivity contribution is 5.62. The molecule has 0 amide bonds. The summed E-state index contributed by atoms with van der Waals surface area (Å²) in [4.78, 5) is 0. The minimum Gasteiger partial charge on any atom is -0.399 e. The highest BCUT2D eigenvalue weighted by Crippen LogP contribution is 2.54. The summed E-state index contributed by atoms with van der Waals surface area (Å²) < 4.78 is 0. The zero-order valence-electron chi connectivity index (χ0n) is 15.7. The number of hydrogen-bond donors (Lipinski definition) is 2. The number of nitrogen functional groups attached to an aromatic ring is 2. The van der Waals surface area contributed by atoms with Crippen molar-refractivity contribution in [3.63, 3.8) is 0 Å². The minimum atomic E-state index is -0.160. The van der Waals surface area contributed by atoms with Crippen molar-refractivity contribution in [2.45, 2.75) is 38.5 Å². The molecule has 2 heteroatoms. The van der Waals surface area contributed by atoms with Gasteiger partial charge in [-0.2, -0.15) is 0 Å². The normalized spacial score (nSPS) is 17.9. The molecule has 0 spiro atoms. The molecule has 1 unspecified atom stereocenters. The van der Waals surface area contributed by atoms with Gasteiger partial charge >= 0.3 is 0 Å². The second-order valence-electron chi connectivity index (χ2n) is 7.74. The van der Waals surface area contributed by atoms with Crippen molar-refractivity contribution in [2.24, 2.45) is 0 Å². The molecule has 3 aromatic carbocycles. The lowest BCUT2D eigenvalue weighted by Crippen LogP contribution is -2.27. The Bertz CT molecular complexity index is 936. The SMILES string of the molecule is Cc1cc(C2(c3ccc(N)c(C)c3)CC(C)c3ccccc32)ccc1N. The Morgan fingerprint density at radius 2 is 1.35 bits per heavy atom. The Morgan fingerprint density at radius 1 is 0.808 bits per heavy atom. The van der Waals surface area contributed by atoms with E-state index in [1.165, 1.54) is 22.3 Å². The summed E-state index contributed by atoms with van der Waals surface area (Å²) in [5.74, 6) is 0.502. The van der Waals surface area contributed by atoms with E-state index < -0.39 is 0 Å². The molecular formula is C24H26N2. The molecule has 0 saturated heterocycles. The smallest absolute Gasteiger partial charge is 0.0460 e. The molecule has 3 aromatic rings. The monoisotopic (exact) mass is 342 g/mol. The molecule has 4 rings (SSSR count). The molecule has 0 aliphatic heterocycles. The summed E-state index contributed by atoms with van der Waals surface area (Å²) >= 11 is 0. The first-order chi connectivity index (χ1) is 12.4. The van der Waals surface area contributed by atoms with Gasteiger partial charge in [0.1, 0.15) is 0 Å². The maximum Gasteiger partial charge on any atom is 0.0460 e. The predicted octanol–water partition coefficient (Wildman–Crippen LogP) is 5.31. The summed E-state index contributed by atoms with van der Waals surface area (Å²) in [5, 5.41) is 0. The van der Waals surface area contributed by atoms with Crippen molar-refractivity contribution < 1.29 is 0 Å². The van der Waals surface area contributed by atoms with Crippen molar-refractivity contribution in [3.8, 4) is 0 Å². The summed E-state index contributed by atoms with van der Waals surface area (Å²) in [6.45, 7) is 6.50. The summed E-state index contributed by atoms with van der Waals surface area (Å²) in [6.07, 6.45) is 1.05. The molecule has 0 aromatic heterocycles. The second kappa shape index (κ2) is 5.91. The Morgan fingerprint density at radius 3 is 1.88 bits per heavy atom. The van der Waals surface area contributed by atoms with Gasteiger partial charge in [-0.15, -0.1) is 0 Å². The van der Waals surface area contributed by atoms with Gasteiger partial charge in [0, 0.05) is 16.8 Å². The quantitative estimate of drug-likeness (QED) is 0.620. The first-order valence-corrected chi connectivity index (χ1v) is 9.26. The zero-order chi connectivity index (χ0) is 18.5. The lowest BCUT2D eigenvalue weighted by Gasteiger charge is -2.33. The van der Waals surface area contributed by atoms with E-state index in [1.807, 2.05) is 12.1 Å². The van der Waals surface area contributed by atoms with Crippen molar-refractivity contribution >= 4 is 11.4 Å². The molecule has 132 valence electrons. The first kappa shape index (κ1) is 16.7. The molecule has 2 nitrogen and oxygen atoms in total. The molecular weight excluding hydrogens is 316 g/mol. The van der Waals surface area contributed by atoms with E-state index in [4.69, 9.17) is 11.5 Å². The molecule has 1 aliphatic rings. The van der Waals surface area contributed by atoms with Gasteiger partial charge in [-0.05, 0) is 71.7 Å². The van der Waals surface area contributed by atoms with Crippen LogP contribution in [0.4, 0.5) is 11.4 Å². The van der Waals surface area contributed by atoms with Gasteiger partial charge in [-0.3, -0.25) is 0 Å². The van der Waals surface area contributed by atoms with Gasteiger partial charge in [0.25, 0.3) is 0 Å². The van der Waals surface area contributed by atoms with Crippen LogP contribution in [0.15, 0.2) is 60.7 Å². The van der Waals surface area contributed by atoms with Crippen LogP contribution in [0.5, 0.6) is 0 Å². The molecule has 4 N–H and O–H groups in total.